The molecule has 0 aliphatic carbocycles. The number of fused-ring (bicyclic) bond motifs is 1. The van der Waals surface area contributed by atoms with Gasteiger partial charge in [0.1, 0.15) is 11.5 Å². The Balaban J connectivity index is 1.69. The molecule has 1 atom stereocenters. The van der Waals surface area contributed by atoms with E-state index in [-0.39, 0.29) is 11.3 Å². The molecule has 0 aromatic heterocycles. The Morgan fingerprint density at radius 3 is 2.39 bits per heavy atom. The third kappa shape index (κ3) is 4.38. The van der Waals surface area contributed by atoms with Crippen LogP contribution >= 0.6 is 0 Å². The zero-order valence-electron chi connectivity index (χ0n) is 22.0. The first-order chi connectivity index (χ1) is 18.3. The first-order valence-electron chi connectivity index (χ1n) is 12.7. The van der Waals surface area contributed by atoms with Gasteiger partial charge >= 0.3 is 0 Å². The Morgan fingerprint density at radius 1 is 0.974 bits per heavy atom. The van der Waals surface area contributed by atoms with Gasteiger partial charge in [-0.1, -0.05) is 32.0 Å². The number of anilines is 1. The number of carbonyl (C=O) groups is 2. The lowest BCUT2D eigenvalue weighted by molar-refractivity contribution is -0.132. The molecule has 2 aliphatic rings. The second-order valence-electron chi connectivity index (χ2n) is 9.80. The lowest BCUT2D eigenvalue weighted by atomic mass is 9.93. The summed E-state index contributed by atoms with van der Waals surface area (Å²) >= 11 is 0. The summed E-state index contributed by atoms with van der Waals surface area (Å²) in [5.74, 6) is 0.386. The van der Waals surface area contributed by atoms with E-state index >= 15 is 0 Å². The van der Waals surface area contributed by atoms with Crippen molar-refractivity contribution in [3.05, 3.63) is 88.5 Å². The summed E-state index contributed by atoms with van der Waals surface area (Å²) in [6, 6.07) is 17.3. The molecule has 1 N–H and O–H groups in total. The number of ether oxygens (including phenoxy) is 3. The Hall–Kier alpha value is -4.26. The van der Waals surface area contributed by atoms with Gasteiger partial charge in [0.25, 0.3) is 11.7 Å². The fourth-order valence-corrected chi connectivity index (χ4v) is 5.12. The lowest BCUT2D eigenvalue weighted by Gasteiger charge is -2.26. The molecule has 7 heteroatoms. The van der Waals surface area contributed by atoms with Gasteiger partial charge in [-0.3, -0.25) is 14.5 Å². The van der Waals surface area contributed by atoms with E-state index in [2.05, 4.69) is 13.8 Å². The van der Waals surface area contributed by atoms with Crippen molar-refractivity contribution in [2.45, 2.75) is 38.6 Å². The number of aryl methyl sites for hydroxylation is 1. The van der Waals surface area contributed by atoms with E-state index in [9.17, 15) is 14.7 Å². The lowest BCUT2D eigenvalue weighted by Crippen LogP contribution is -2.29. The van der Waals surface area contributed by atoms with Crippen LogP contribution in [0.4, 0.5) is 5.69 Å². The molecule has 5 rings (SSSR count). The van der Waals surface area contributed by atoms with E-state index in [4.69, 9.17) is 14.2 Å². The summed E-state index contributed by atoms with van der Waals surface area (Å²) in [5, 5.41) is 11.5. The van der Waals surface area contributed by atoms with Crippen molar-refractivity contribution < 1.29 is 28.9 Å². The zero-order valence-corrected chi connectivity index (χ0v) is 22.0. The fraction of sp³-hybridized carbons (Fsp3) is 0.290. The average molecular weight is 514 g/mol. The van der Waals surface area contributed by atoms with Gasteiger partial charge in [0.15, 0.2) is 11.5 Å². The number of ketones is 1. The van der Waals surface area contributed by atoms with Crippen LogP contribution in [-0.2, 0) is 16.0 Å². The fourth-order valence-electron chi connectivity index (χ4n) is 5.12. The molecule has 3 aromatic carbocycles. The summed E-state index contributed by atoms with van der Waals surface area (Å²) in [4.78, 5) is 28.5. The Morgan fingerprint density at radius 2 is 1.71 bits per heavy atom. The van der Waals surface area contributed by atoms with Crippen molar-refractivity contribution >= 4 is 23.1 Å². The number of aliphatic hydroxyl groups excluding tert-OH is 1. The molecule has 38 heavy (non-hydrogen) atoms. The number of amides is 1. The number of hydrogen-bond donors (Lipinski definition) is 1. The number of Topliss-reactive ketones (excluding diaryl/α,β-unsaturated/α-hetero) is 1. The van der Waals surface area contributed by atoms with E-state index in [0.29, 0.717) is 40.8 Å². The summed E-state index contributed by atoms with van der Waals surface area (Å²) in [6.45, 7) is 4.83. The Bertz CT molecular complexity index is 1420. The van der Waals surface area contributed by atoms with Crippen LogP contribution in [0.3, 0.4) is 0 Å². The van der Waals surface area contributed by atoms with E-state index in [1.54, 1.807) is 37.4 Å². The number of aliphatic hydroxyl groups is 1. The van der Waals surface area contributed by atoms with E-state index in [1.807, 2.05) is 30.3 Å². The van der Waals surface area contributed by atoms with E-state index in [1.165, 1.54) is 12.0 Å². The molecule has 0 bridgehead atoms. The molecule has 1 fully saturated rings. The van der Waals surface area contributed by atoms with Crippen molar-refractivity contribution in [1.29, 1.82) is 0 Å². The third-order valence-electron chi connectivity index (χ3n) is 7.19. The first-order valence-corrected chi connectivity index (χ1v) is 12.7. The normalized spacial score (nSPS) is 18.3. The van der Waals surface area contributed by atoms with Gasteiger partial charge < -0.3 is 19.3 Å². The maximum absolute atomic E-state index is 13.5. The first kappa shape index (κ1) is 25.4. The standard InChI is InChI=1S/C31H31NO6/c1-18(2)19-7-11-23(12-8-19)32-28(21-9-14-25(36-3)26(17-21)37-4)27(30(34)31(32)35)29(33)22-10-13-24-20(16-22)6-5-15-38-24/h7-14,16-18,28,33H,5-6,15H2,1-4H3/b29-27+. The summed E-state index contributed by atoms with van der Waals surface area (Å²) in [7, 11) is 3.07. The van der Waals surface area contributed by atoms with Gasteiger partial charge in [-0.25, -0.2) is 0 Å². The van der Waals surface area contributed by atoms with Crippen molar-refractivity contribution in [2.75, 3.05) is 25.7 Å². The number of benzene rings is 3. The van der Waals surface area contributed by atoms with Gasteiger partial charge in [-0.15, -0.1) is 0 Å². The van der Waals surface area contributed by atoms with Crippen LogP contribution < -0.4 is 19.1 Å². The smallest absolute Gasteiger partial charge is 0.300 e. The quantitative estimate of drug-likeness (QED) is 0.256. The van der Waals surface area contributed by atoms with Crippen molar-refractivity contribution in [3.63, 3.8) is 0 Å². The second-order valence-corrected chi connectivity index (χ2v) is 9.80. The summed E-state index contributed by atoms with van der Waals surface area (Å²) in [5.41, 5.74) is 3.73. The number of carbonyl (C=O) groups excluding carboxylic acids is 2. The highest BCUT2D eigenvalue weighted by Gasteiger charge is 2.47. The van der Waals surface area contributed by atoms with Gasteiger partial charge in [0.05, 0.1) is 32.4 Å². The molecule has 0 spiro atoms. The van der Waals surface area contributed by atoms with E-state index in [0.717, 1.165) is 29.7 Å². The highest BCUT2D eigenvalue weighted by Crippen LogP contribution is 2.44. The number of hydrogen-bond acceptors (Lipinski definition) is 6. The van der Waals surface area contributed by atoms with Crippen LogP contribution in [0, 0.1) is 0 Å². The summed E-state index contributed by atoms with van der Waals surface area (Å²) < 4.78 is 16.6. The molecule has 2 heterocycles. The number of rotatable bonds is 6. The van der Waals surface area contributed by atoms with Crippen LogP contribution in [0.15, 0.2) is 66.2 Å². The SMILES string of the molecule is COc1ccc(C2/C(=C(\O)c3ccc4c(c3)CCCO4)C(=O)C(=O)N2c2ccc(C(C)C)cc2)cc1OC. The molecule has 1 unspecified atom stereocenters. The largest absolute Gasteiger partial charge is 0.507 e. The van der Waals surface area contributed by atoms with Crippen molar-refractivity contribution in [2.24, 2.45) is 0 Å². The molecule has 1 amide bonds. The average Bonchev–Trinajstić information content (AvgIpc) is 3.21. The monoisotopic (exact) mass is 513 g/mol. The van der Waals surface area contributed by atoms with Crippen LogP contribution in [0.25, 0.3) is 5.76 Å². The maximum Gasteiger partial charge on any atom is 0.300 e. The minimum Gasteiger partial charge on any atom is -0.507 e. The zero-order chi connectivity index (χ0) is 27.0. The van der Waals surface area contributed by atoms with E-state index < -0.39 is 17.7 Å². The molecular formula is C31H31NO6. The molecular weight excluding hydrogens is 482 g/mol. The molecule has 3 aromatic rings. The molecule has 7 nitrogen and oxygen atoms in total. The predicted octanol–water partition coefficient (Wildman–Crippen LogP) is 5.78. The van der Waals surface area contributed by atoms with Crippen LogP contribution in [-0.4, -0.2) is 37.6 Å². The minimum absolute atomic E-state index is 0.0202. The third-order valence-corrected chi connectivity index (χ3v) is 7.19. The highest BCUT2D eigenvalue weighted by molar-refractivity contribution is 6.51. The van der Waals surface area contributed by atoms with Gasteiger partial charge in [0.2, 0.25) is 0 Å². The number of nitrogens with zero attached hydrogens (tertiary/aromatic N) is 1. The topological polar surface area (TPSA) is 85.3 Å². The Labute approximate surface area is 222 Å². The van der Waals surface area contributed by atoms with Gasteiger partial charge in [-0.05, 0) is 77.9 Å². The minimum atomic E-state index is -0.869. The molecule has 2 aliphatic heterocycles. The summed E-state index contributed by atoms with van der Waals surface area (Å²) in [6.07, 6.45) is 1.69. The Kier molecular flexibility index (Phi) is 6.85. The van der Waals surface area contributed by atoms with Crippen molar-refractivity contribution in [3.8, 4) is 17.2 Å². The van der Waals surface area contributed by atoms with Crippen LogP contribution in [0.2, 0.25) is 0 Å². The molecule has 0 radical (unpaired) electrons. The van der Waals surface area contributed by atoms with Gasteiger partial charge in [-0.2, -0.15) is 0 Å². The molecule has 196 valence electrons. The van der Waals surface area contributed by atoms with Crippen LogP contribution in [0.1, 0.15) is 54.5 Å². The van der Waals surface area contributed by atoms with Crippen molar-refractivity contribution in [1.82, 2.24) is 0 Å². The maximum atomic E-state index is 13.5. The second kappa shape index (κ2) is 10.2. The van der Waals surface area contributed by atoms with Crippen LogP contribution in [0.5, 0.6) is 17.2 Å². The molecule has 1 saturated heterocycles. The van der Waals surface area contributed by atoms with Gasteiger partial charge in [0, 0.05) is 11.3 Å². The predicted molar refractivity (Wildman–Crippen MR) is 145 cm³/mol. The highest BCUT2D eigenvalue weighted by atomic mass is 16.5. The molecule has 0 saturated carbocycles. The number of methoxy groups -OCH3 is 2.